The molecule has 0 spiro atoms. The van der Waals surface area contributed by atoms with Gasteiger partial charge >= 0.3 is 0 Å². The second-order valence-electron chi connectivity index (χ2n) is 3.92. The Balaban J connectivity index is 2.48. The highest BCUT2D eigenvalue weighted by Gasteiger charge is 2.19. The first kappa shape index (κ1) is 8.80. The van der Waals surface area contributed by atoms with E-state index in [0.717, 1.165) is 18.9 Å². The molecule has 1 aliphatic rings. The molecule has 2 aromatic rings. The normalized spacial score (nSPS) is 14.3. The van der Waals surface area contributed by atoms with Crippen molar-refractivity contribution >= 4 is 10.9 Å². The Hall–Kier alpha value is -1.48. The monoisotopic (exact) mass is 202 g/mol. The number of nitrogens with two attached hydrogens (primary N) is 1. The lowest BCUT2D eigenvalue weighted by Crippen LogP contribution is -2.15. The molecule has 0 fully saturated rings. The van der Waals surface area contributed by atoms with Crippen LogP contribution in [0.2, 0.25) is 0 Å². The van der Waals surface area contributed by atoms with E-state index in [1.807, 2.05) is 12.1 Å². The lowest BCUT2D eigenvalue weighted by molar-refractivity contribution is 0.285. The average molecular weight is 202 g/mol. The summed E-state index contributed by atoms with van der Waals surface area (Å²) >= 11 is 0. The second kappa shape index (κ2) is 3.00. The summed E-state index contributed by atoms with van der Waals surface area (Å²) in [7, 11) is 0. The van der Waals surface area contributed by atoms with E-state index in [-0.39, 0.29) is 0 Å². The molecule has 0 bridgehead atoms. The van der Waals surface area contributed by atoms with Crippen molar-refractivity contribution in [3.63, 3.8) is 0 Å². The minimum atomic E-state index is 0.596. The summed E-state index contributed by atoms with van der Waals surface area (Å²) in [5.74, 6) is 0.988. The van der Waals surface area contributed by atoms with Gasteiger partial charge in [-0.05, 0) is 18.6 Å². The van der Waals surface area contributed by atoms with E-state index in [4.69, 9.17) is 10.5 Å². The molecular weight excluding hydrogens is 188 g/mol. The van der Waals surface area contributed by atoms with Crippen molar-refractivity contribution in [2.75, 3.05) is 6.61 Å². The van der Waals surface area contributed by atoms with Crippen molar-refractivity contribution in [3.8, 4) is 5.75 Å². The Bertz CT molecular complexity index is 528. The Kier molecular flexibility index (Phi) is 1.76. The van der Waals surface area contributed by atoms with Crippen LogP contribution in [0.4, 0.5) is 0 Å². The van der Waals surface area contributed by atoms with E-state index in [1.54, 1.807) is 0 Å². The van der Waals surface area contributed by atoms with Crippen LogP contribution in [0, 0.1) is 6.92 Å². The van der Waals surface area contributed by atoms with Gasteiger partial charge < -0.3 is 15.0 Å². The van der Waals surface area contributed by atoms with Crippen molar-refractivity contribution in [1.29, 1.82) is 0 Å². The van der Waals surface area contributed by atoms with Crippen molar-refractivity contribution < 1.29 is 4.74 Å². The predicted molar refractivity (Wildman–Crippen MR) is 60.1 cm³/mol. The molecule has 0 unspecified atom stereocenters. The summed E-state index contributed by atoms with van der Waals surface area (Å²) < 4.78 is 7.96. The second-order valence-corrected chi connectivity index (χ2v) is 3.92. The zero-order chi connectivity index (χ0) is 10.4. The minimum Gasteiger partial charge on any atom is -0.490 e. The zero-order valence-electron chi connectivity index (χ0n) is 8.79. The van der Waals surface area contributed by atoms with Crippen molar-refractivity contribution in [1.82, 2.24) is 4.57 Å². The highest BCUT2D eigenvalue weighted by molar-refractivity contribution is 5.90. The molecular formula is C12H14N2O. The molecule has 15 heavy (non-hydrogen) atoms. The summed E-state index contributed by atoms with van der Waals surface area (Å²) in [5, 5.41) is 1.24. The first-order chi connectivity index (χ1) is 7.33. The molecule has 1 aromatic heterocycles. The quantitative estimate of drug-likeness (QED) is 0.766. The van der Waals surface area contributed by atoms with Gasteiger partial charge in [-0.1, -0.05) is 12.1 Å². The summed E-state index contributed by atoms with van der Waals surface area (Å²) in [6, 6.07) is 6.18. The van der Waals surface area contributed by atoms with E-state index < -0.39 is 0 Å². The lowest BCUT2D eigenvalue weighted by Gasteiger charge is -2.17. The molecule has 3 nitrogen and oxygen atoms in total. The van der Waals surface area contributed by atoms with Gasteiger partial charge in [0.25, 0.3) is 0 Å². The third-order valence-electron chi connectivity index (χ3n) is 3.21. The van der Waals surface area contributed by atoms with E-state index in [1.165, 1.54) is 22.2 Å². The van der Waals surface area contributed by atoms with Gasteiger partial charge in [0.05, 0.1) is 12.1 Å². The number of hydrogen-bond donors (Lipinski definition) is 1. The van der Waals surface area contributed by atoms with Crippen LogP contribution in [0.5, 0.6) is 5.75 Å². The number of rotatable bonds is 1. The Morgan fingerprint density at radius 3 is 3.13 bits per heavy atom. The van der Waals surface area contributed by atoms with Gasteiger partial charge in [-0.3, -0.25) is 0 Å². The molecule has 2 heterocycles. The van der Waals surface area contributed by atoms with Crippen LogP contribution in [-0.2, 0) is 13.1 Å². The van der Waals surface area contributed by atoms with Gasteiger partial charge in [-0.25, -0.2) is 0 Å². The Morgan fingerprint density at radius 2 is 2.33 bits per heavy atom. The van der Waals surface area contributed by atoms with Crippen LogP contribution in [0.15, 0.2) is 18.2 Å². The highest BCUT2D eigenvalue weighted by atomic mass is 16.5. The van der Waals surface area contributed by atoms with Gasteiger partial charge in [0.1, 0.15) is 12.4 Å². The topological polar surface area (TPSA) is 40.2 Å². The Labute approximate surface area is 88.4 Å². The SMILES string of the molecule is Cc1c(CN)c2cccc3c2n1CCO3. The molecule has 78 valence electrons. The van der Waals surface area contributed by atoms with Gasteiger partial charge in [-0.15, -0.1) is 0 Å². The average Bonchev–Trinajstić information content (AvgIpc) is 2.55. The first-order valence-electron chi connectivity index (χ1n) is 5.26. The van der Waals surface area contributed by atoms with Gasteiger partial charge in [0, 0.05) is 17.6 Å². The van der Waals surface area contributed by atoms with Crippen molar-refractivity contribution in [2.24, 2.45) is 5.73 Å². The summed E-state index contributed by atoms with van der Waals surface area (Å²) in [6.07, 6.45) is 0. The maximum Gasteiger partial charge on any atom is 0.143 e. The van der Waals surface area contributed by atoms with E-state index >= 15 is 0 Å². The maximum absolute atomic E-state index is 5.80. The fraction of sp³-hybridized carbons (Fsp3) is 0.333. The number of benzene rings is 1. The molecule has 1 aromatic carbocycles. The molecule has 2 N–H and O–H groups in total. The van der Waals surface area contributed by atoms with E-state index in [2.05, 4.69) is 17.6 Å². The predicted octanol–water partition coefficient (Wildman–Crippen LogP) is 1.80. The number of nitrogens with zero attached hydrogens (tertiary/aromatic N) is 1. The summed E-state index contributed by atoms with van der Waals surface area (Å²) in [4.78, 5) is 0. The van der Waals surface area contributed by atoms with Gasteiger partial charge in [0.15, 0.2) is 0 Å². The molecule has 3 rings (SSSR count). The number of hydrogen-bond acceptors (Lipinski definition) is 2. The maximum atomic E-state index is 5.80. The van der Waals surface area contributed by atoms with Crippen LogP contribution in [-0.4, -0.2) is 11.2 Å². The minimum absolute atomic E-state index is 0.596. The molecule has 0 amide bonds. The molecule has 0 aliphatic carbocycles. The van der Waals surface area contributed by atoms with Gasteiger partial charge in [-0.2, -0.15) is 0 Å². The lowest BCUT2D eigenvalue weighted by atomic mass is 10.1. The Morgan fingerprint density at radius 1 is 1.47 bits per heavy atom. The molecule has 0 saturated carbocycles. The summed E-state index contributed by atoms with van der Waals surface area (Å²) in [6.45, 7) is 4.42. The standard InChI is InChI=1S/C12H14N2O/c1-8-10(7-13)9-3-2-4-11-12(9)14(8)5-6-15-11/h2-4H,5-7,13H2,1H3. The first-order valence-corrected chi connectivity index (χ1v) is 5.26. The van der Waals surface area contributed by atoms with Crippen LogP contribution in [0.3, 0.4) is 0 Å². The highest BCUT2D eigenvalue weighted by Crippen LogP contribution is 2.34. The fourth-order valence-corrected chi connectivity index (χ4v) is 2.47. The van der Waals surface area contributed by atoms with Gasteiger partial charge in [0.2, 0.25) is 0 Å². The van der Waals surface area contributed by atoms with Crippen LogP contribution >= 0.6 is 0 Å². The van der Waals surface area contributed by atoms with Crippen LogP contribution in [0.25, 0.3) is 10.9 Å². The van der Waals surface area contributed by atoms with Crippen LogP contribution < -0.4 is 10.5 Å². The third kappa shape index (κ3) is 1.04. The molecule has 1 aliphatic heterocycles. The number of ether oxygens (including phenoxy) is 1. The van der Waals surface area contributed by atoms with Crippen molar-refractivity contribution in [3.05, 3.63) is 29.5 Å². The molecule has 0 saturated heterocycles. The molecule has 0 atom stereocenters. The third-order valence-corrected chi connectivity index (χ3v) is 3.21. The largest absolute Gasteiger partial charge is 0.490 e. The van der Waals surface area contributed by atoms with E-state index in [9.17, 15) is 0 Å². The van der Waals surface area contributed by atoms with E-state index in [0.29, 0.717) is 6.54 Å². The molecule has 3 heteroatoms. The fourth-order valence-electron chi connectivity index (χ4n) is 2.47. The van der Waals surface area contributed by atoms with Crippen molar-refractivity contribution in [2.45, 2.75) is 20.0 Å². The molecule has 0 radical (unpaired) electrons. The smallest absolute Gasteiger partial charge is 0.143 e. The van der Waals surface area contributed by atoms with Crippen LogP contribution in [0.1, 0.15) is 11.3 Å². The number of aromatic nitrogens is 1. The zero-order valence-corrected chi connectivity index (χ0v) is 8.79. The summed E-state index contributed by atoms with van der Waals surface area (Å²) in [5.41, 5.74) is 9.54. The number of para-hydroxylation sites is 1.